The summed E-state index contributed by atoms with van der Waals surface area (Å²) in [6.07, 6.45) is 0. The molecule has 1 heterocycles. The zero-order valence-electron chi connectivity index (χ0n) is 9.84. The molecule has 0 spiro atoms. The van der Waals surface area contributed by atoms with Crippen LogP contribution in [-0.2, 0) is 6.54 Å². The molecule has 0 aliphatic carbocycles. The summed E-state index contributed by atoms with van der Waals surface area (Å²) in [6.45, 7) is 0.715. The molecule has 92 valence electrons. The van der Waals surface area contributed by atoms with Gasteiger partial charge in [0.2, 0.25) is 0 Å². The Labute approximate surface area is 110 Å². The Morgan fingerprint density at radius 3 is 2.61 bits per heavy atom. The topological polar surface area (TPSA) is 56.0 Å². The maximum Gasteiger partial charge on any atom is 0.110 e. The molecule has 0 saturated heterocycles. The summed E-state index contributed by atoms with van der Waals surface area (Å²) in [4.78, 5) is 1.81. The Hall–Kier alpha value is -1.67. The van der Waals surface area contributed by atoms with Crippen molar-refractivity contribution in [2.75, 3.05) is 6.61 Å². The largest absolute Gasteiger partial charge is 0.394 e. The summed E-state index contributed by atoms with van der Waals surface area (Å²) in [6, 6.07) is 15.7. The van der Waals surface area contributed by atoms with E-state index in [0.717, 1.165) is 10.4 Å². The maximum atomic E-state index is 9.40. The molecule has 1 atom stereocenters. The molecule has 0 saturated carbocycles. The summed E-state index contributed by atoms with van der Waals surface area (Å²) in [5.41, 5.74) is 1.07. The van der Waals surface area contributed by atoms with E-state index in [1.54, 1.807) is 0 Å². The Bertz CT molecular complexity index is 530. The highest BCUT2D eigenvalue weighted by Crippen LogP contribution is 2.17. The first-order chi connectivity index (χ1) is 8.83. The molecule has 2 rings (SSSR count). The lowest BCUT2D eigenvalue weighted by atomic mass is 10.1. The fraction of sp³-hybridized carbons (Fsp3) is 0.214. The molecule has 0 aliphatic rings. The molecule has 1 aromatic heterocycles. The predicted octanol–water partition coefficient (Wildman–Crippen LogP) is 2.44. The summed E-state index contributed by atoms with van der Waals surface area (Å²) in [7, 11) is 0. The van der Waals surface area contributed by atoms with E-state index in [2.05, 4.69) is 11.4 Å². The van der Waals surface area contributed by atoms with Crippen molar-refractivity contribution in [2.45, 2.75) is 12.6 Å². The molecule has 18 heavy (non-hydrogen) atoms. The van der Waals surface area contributed by atoms with Crippen molar-refractivity contribution in [3.05, 3.63) is 57.8 Å². The van der Waals surface area contributed by atoms with Gasteiger partial charge in [-0.2, -0.15) is 5.26 Å². The van der Waals surface area contributed by atoms with E-state index >= 15 is 0 Å². The third-order valence-electron chi connectivity index (χ3n) is 2.68. The first-order valence-electron chi connectivity index (χ1n) is 5.71. The highest BCUT2D eigenvalue weighted by molar-refractivity contribution is 7.12. The van der Waals surface area contributed by atoms with Crippen LogP contribution in [0.2, 0.25) is 0 Å². The minimum atomic E-state index is -0.0705. The summed E-state index contributed by atoms with van der Waals surface area (Å²) >= 11 is 1.48. The number of aliphatic hydroxyl groups excluding tert-OH is 1. The number of benzene rings is 1. The molecule has 3 nitrogen and oxygen atoms in total. The average molecular weight is 258 g/mol. The molecule has 0 fully saturated rings. The van der Waals surface area contributed by atoms with Crippen LogP contribution in [0.5, 0.6) is 0 Å². The van der Waals surface area contributed by atoms with Crippen molar-refractivity contribution in [2.24, 2.45) is 0 Å². The Kier molecular flexibility index (Phi) is 4.48. The van der Waals surface area contributed by atoms with Crippen molar-refractivity contribution in [1.29, 1.82) is 5.26 Å². The molecule has 0 bridgehead atoms. The molecule has 2 aromatic rings. The Morgan fingerprint density at radius 2 is 2.00 bits per heavy atom. The van der Waals surface area contributed by atoms with Gasteiger partial charge in [0.1, 0.15) is 10.9 Å². The van der Waals surface area contributed by atoms with Crippen molar-refractivity contribution < 1.29 is 5.11 Å². The van der Waals surface area contributed by atoms with Gasteiger partial charge in [0.05, 0.1) is 12.6 Å². The van der Waals surface area contributed by atoms with Gasteiger partial charge in [0.15, 0.2) is 0 Å². The van der Waals surface area contributed by atoms with Crippen LogP contribution < -0.4 is 5.32 Å². The molecule has 0 aliphatic heterocycles. The highest BCUT2D eigenvalue weighted by Gasteiger charge is 2.09. The van der Waals surface area contributed by atoms with Gasteiger partial charge in [-0.15, -0.1) is 11.3 Å². The third-order valence-corrected chi connectivity index (χ3v) is 3.67. The standard InChI is InChI=1S/C14H14N2OS/c15-8-12-6-7-13(18-12)9-16-14(10-17)11-4-2-1-3-5-11/h1-7,14,16-17H,9-10H2/t14-/m0/s1. The van der Waals surface area contributed by atoms with Crippen molar-refractivity contribution in [1.82, 2.24) is 5.32 Å². The molecule has 2 N–H and O–H groups in total. The number of nitriles is 1. The SMILES string of the molecule is N#Cc1ccc(CN[C@@H](CO)c2ccccc2)s1. The Balaban J connectivity index is 1.98. The van der Waals surface area contributed by atoms with Gasteiger partial charge in [-0.25, -0.2) is 0 Å². The number of nitrogens with zero attached hydrogens (tertiary/aromatic N) is 1. The van der Waals surface area contributed by atoms with E-state index in [0.29, 0.717) is 11.4 Å². The quantitative estimate of drug-likeness (QED) is 0.866. The number of nitrogens with one attached hydrogen (secondary N) is 1. The molecule has 4 heteroatoms. The van der Waals surface area contributed by atoms with Crippen LogP contribution in [0.25, 0.3) is 0 Å². The monoisotopic (exact) mass is 258 g/mol. The first kappa shape index (κ1) is 12.8. The van der Waals surface area contributed by atoms with E-state index in [1.165, 1.54) is 11.3 Å². The summed E-state index contributed by atoms with van der Waals surface area (Å²) < 4.78 is 0. The number of thiophene rings is 1. The number of hydrogen-bond acceptors (Lipinski definition) is 4. The second kappa shape index (κ2) is 6.31. The van der Waals surface area contributed by atoms with E-state index in [9.17, 15) is 5.11 Å². The number of rotatable bonds is 5. The minimum Gasteiger partial charge on any atom is -0.394 e. The second-order valence-electron chi connectivity index (χ2n) is 3.90. The van der Waals surface area contributed by atoms with E-state index in [-0.39, 0.29) is 12.6 Å². The van der Waals surface area contributed by atoms with Gasteiger partial charge in [-0.3, -0.25) is 0 Å². The van der Waals surface area contributed by atoms with Gasteiger partial charge >= 0.3 is 0 Å². The lowest BCUT2D eigenvalue weighted by Gasteiger charge is -2.15. The molecular weight excluding hydrogens is 244 g/mol. The molecule has 0 amide bonds. The molecule has 0 unspecified atom stereocenters. The molecular formula is C14H14N2OS. The zero-order chi connectivity index (χ0) is 12.8. The van der Waals surface area contributed by atoms with Crippen molar-refractivity contribution >= 4 is 11.3 Å². The summed E-state index contributed by atoms with van der Waals surface area (Å²) in [5.74, 6) is 0. The second-order valence-corrected chi connectivity index (χ2v) is 5.07. The van der Waals surface area contributed by atoms with E-state index in [4.69, 9.17) is 5.26 Å². The number of aliphatic hydroxyl groups is 1. The first-order valence-corrected chi connectivity index (χ1v) is 6.53. The van der Waals surface area contributed by atoms with Crippen LogP contribution in [0.4, 0.5) is 0 Å². The summed E-state index contributed by atoms with van der Waals surface area (Å²) in [5, 5.41) is 21.4. The normalized spacial score (nSPS) is 12.0. The van der Waals surface area contributed by atoms with Gasteiger partial charge in [0, 0.05) is 11.4 Å². The van der Waals surface area contributed by atoms with Gasteiger partial charge < -0.3 is 10.4 Å². The predicted molar refractivity (Wildman–Crippen MR) is 72.1 cm³/mol. The fourth-order valence-electron chi connectivity index (χ4n) is 1.73. The highest BCUT2D eigenvalue weighted by atomic mass is 32.1. The van der Waals surface area contributed by atoms with Crippen LogP contribution in [-0.4, -0.2) is 11.7 Å². The zero-order valence-corrected chi connectivity index (χ0v) is 10.7. The van der Waals surface area contributed by atoms with Gasteiger partial charge in [0.25, 0.3) is 0 Å². The lowest BCUT2D eigenvalue weighted by molar-refractivity contribution is 0.244. The van der Waals surface area contributed by atoms with Gasteiger partial charge in [-0.05, 0) is 17.7 Å². The van der Waals surface area contributed by atoms with Crippen molar-refractivity contribution in [3.8, 4) is 6.07 Å². The van der Waals surface area contributed by atoms with Crippen LogP contribution >= 0.6 is 11.3 Å². The van der Waals surface area contributed by atoms with Crippen LogP contribution in [0.1, 0.15) is 21.4 Å². The molecule has 0 radical (unpaired) electrons. The van der Waals surface area contributed by atoms with E-state index in [1.807, 2.05) is 42.5 Å². The van der Waals surface area contributed by atoms with Crippen LogP contribution in [0.15, 0.2) is 42.5 Å². The molecule has 1 aromatic carbocycles. The average Bonchev–Trinajstić information content (AvgIpc) is 2.89. The Morgan fingerprint density at radius 1 is 1.22 bits per heavy atom. The lowest BCUT2D eigenvalue weighted by Crippen LogP contribution is -2.23. The van der Waals surface area contributed by atoms with Crippen molar-refractivity contribution in [3.63, 3.8) is 0 Å². The third kappa shape index (κ3) is 3.17. The fourth-order valence-corrected chi connectivity index (χ4v) is 2.49. The minimum absolute atomic E-state index is 0.0560. The van der Waals surface area contributed by atoms with Crippen LogP contribution in [0, 0.1) is 11.3 Å². The van der Waals surface area contributed by atoms with E-state index < -0.39 is 0 Å². The maximum absolute atomic E-state index is 9.40. The van der Waals surface area contributed by atoms with Crippen LogP contribution in [0.3, 0.4) is 0 Å². The van der Waals surface area contributed by atoms with Gasteiger partial charge in [-0.1, -0.05) is 30.3 Å². The smallest absolute Gasteiger partial charge is 0.110 e. The number of hydrogen-bond donors (Lipinski definition) is 2.